The molecule has 0 atom stereocenters. The van der Waals surface area contributed by atoms with Crippen LogP contribution < -0.4 is 10.6 Å². The first-order valence-corrected chi connectivity index (χ1v) is 6.89. The Bertz CT molecular complexity index is 726. The van der Waals surface area contributed by atoms with E-state index in [-0.39, 0.29) is 6.03 Å². The molecule has 5 nitrogen and oxygen atoms in total. The lowest BCUT2D eigenvalue weighted by Gasteiger charge is -2.07. The second-order valence-corrected chi connectivity index (χ2v) is 5.03. The molecule has 3 rings (SSSR count). The number of nitrogens with one attached hydrogen (secondary N) is 2. The van der Waals surface area contributed by atoms with Gasteiger partial charge in [-0.25, -0.2) is 4.79 Å². The molecule has 0 unspecified atom stereocenters. The highest BCUT2D eigenvalue weighted by atomic mass is 32.1. The van der Waals surface area contributed by atoms with Gasteiger partial charge in [-0.3, -0.25) is 0 Å². The molecule has 1 heterocycles. The summed E-state index contributed by atoms with van der Waals surface area (Å²) in [7, 11) is 0. The zero-order valence-corrected chi connectivity index (χ0v) is 11.4. The molecule has 0 aliphatic carbocycles. The number of hydrogen-bond acceptors (Lipinski definition) is 4. The zero-order chi connectivity index (χ0) is 13.8. The molecule has 3 aromatic rings. The van der Waals surface area contributed by atoms with E-state index in [0.717, 1.165) is 15.8 Å². The molecule has 0 spiro atoms. The van der Waals surface area contributed by atoms with Crippen molar-refractivity contribution in [1.29, 1.82) is 0 Å². The van der Waals surface area contributed by atoms with Crippen LogP contribution in [0.2, 0.25) is 0 Å². The van der Waals surface area contributed by atoms with Crippen LogP contribution in [0, 0.1) is 0 Å². The lowest BCUT2D eigenvalue weighted by atomic mass is 10.2. The van der Waals surface area contributed by atoms with Gasteiger partial charge in [-0.05, 0) is 35.3 Å². The second-order valence-electron chi connectivity index (χ2n) is 4.25. The van der Waals surface area contributed by atoms with Crippen LogP contribution in [0.5, 0.6) is 0 Å². The summed E-state index contributed by atoms with van der Waals surface area (Å²) in [5.74, 6) is 0. The van der Waals surface area contributed by atoms with Gasteiger partial charge >= 0.3 is 6.03 Å². The van der Waals surface area contributed by atoms with Crippen molar-refractivity contribution in [3.05, 3.63) is 54.1 Å². The Balaban J connectivity index is 1.61. The first kappa shape index (κ1) is 12.6. The van der Waals surface area contributed by atoms with E-state index in [1.165, 1.54) is 11.5 Å². The Morgan fingerprint density at radius 2 is 2.00 bits per heavy atom. The molecular formula is C14H12N4OS. The van der Waals surface area contributed by atoms with Crippen LogP contribution in [0.15, 0.2) is 48.5 Å². The van der Waals surface area contributed by atoms with Crippen molar-refractivity contribution >= 4 is 33.5 Å². The van der Waals surface area contributed by atoms with E-state index in [0.29, 0.717) is 12.2 Å². The first-order valence-electron chi connectivity index (χ1n) is 6.12. The third-order valence-electron chi connectivity index (χ3n) is 2.80. The molecule has 1 aromatic heterocycles. The van der Waals surface area contributed by atoms with Crippen LogP contribution >= 0.6 is 11.5 Å². The number of anilines is 1. The van der Waals surface area contributed by atoms with E-state index < -0.39 is 0 Å². The monoisotopic (exact) mass is 284 g/mol. The number of carbonyl (C=O) groups is 1. The average molecular weight is 284 g/mol. The Labute approximate surface area is 119 Å². The minimum atomic E-state index is -0.239. The predicted octanol–water partition coefficient (Wildman–Crippen LogP) is 3.01. The number of nitrogens with zero attached hydrogens (tertiary/aromatic N) is 2. The maximum Gasteiger partial charge on any atom is 0.319 e. The molecule has 0 fully saturated rings. The normalized spacial score (nSPS) is 10.4. The molecule has 0 saturated heterocycles. The van der Waals surface area contributed by atoms with Crippen LogP contribution in [-0.4, -0.2) is 15.6 Å². The van der Waals surface area contributed by atoms with Gasteiger partial charge in [0.05, 0.1) is 4.70 Å². The van der Waals surface area contributed by atoms with Gasteiger partial charge < -0.3 is 10.6 Å². The van der Waals surface area contributed by atoms with Crippen LogP contribution in [-0.2, 0) is 6.54 Å². The van der Waals surface area contributed by atoms with Crippen LogP contribution in [0.1, 0.15) is 5.56 Å². The summed E-state index contributed by atoms with van der Waals surface area (Å²) in [5.41, 5.74) is 2.55. The van der Waals surface area contributed by atoms with Gasteiger partial charge in [-0.15, -0.1) is 5.10 Å². The summed E-state index contributed by atoms with van der Waals surface area (Å²) in [6.45, 7) is 0.493. The van der Waals surface area contributed by atoms with E-state index in [4.69, 9.17) is 0 Å². The van der Waals surface area contributed by atoms with E-state index in [1.807, 2.05) is 42.5 Å². The minimum absolute atomic E-state index is 0.239. The smallest absolute Gasteiger partial charge is 0.319 e. The summed E-state index contributed by atoms with van der Waals surface area (Å²) < 4.78 is 4.86. The fourth-order valence-electron chi connectivity index (χ4n) is 1.81. The van der Waals surface area contributed by atoms with Crippen molar-refractivity contribution in [2.24, 2.45) is 0 Å². The van der Waals surface area contributed by atoms with Gasteiger partial charge in [-0.1, -0.05) is 34.8 Å². The second kappa shape index (κ2) is 5.66. The third-order valence-corrected chi connectivity index (χ3v) is 3.51. The van der Waals surface area contributed by atoms with Gasteiger partial charge in [0.15, 0.2) is 0 Å². The molecule has 6 heteroatoms. The number of rotatable bonds is 3. The molecule has 0 bridgehead atoms. The number of aromatic nitrogens is 2. The van der Waals surface area contributed by atoms with Gasteiger partial charge in [0.25, 0.3) is 0 Å². The SMILES string of the molecule is O=C(NCc1ccccc1)Nc1ccc2snnc2c1. The number of fused-ring (bicyclic) bond motifs is 1. The molecule has 2 aromatic carbocycles. The van der Waals surface area contributed by atoms with Gasteiger partial charge in [0, 0.05) is 12.2 Å². The summed E-state index contributed by atoms with van der Waals surface area (Å²) in [4.78, 5) is 11.8. The molecule has 20 heavy (non-hydrogen) atoms. The average Bonchev–Trinajstić information content (AvgIpc) is 2.94. The fourth-order valence-corrected chi connectivity index (χ4v) is 2.35. The molecule has 0 saturated carbocycles. The lowest BCUT2D eigenvalue weighted by Crippen LogP contribution is -2.28. The van der Waals surface area contributed by atoms with Crippen molar-refractivity contribution < 1.29 is 4.79 Å². The summed E-state index contributed by atoms with van der Waals surface area (Å²) in [6.07, 6.45) is 0. The van der Waals surface area contributed by atoms with Crippen molar-refractivity contribution in [2.45, 2.75) is 6.54 Å². The number of benzene rings is 2. The minimum Gasteiger partial charge on any atom is -0.334 e. The highest BCUT2D eigenvalue weighted by Crippen LogP contribution is 2.19. The Kier molecular flexibility index (Phi) is 3.56. The quantitative estimate of drug-likeness (QED) is 0.777. The van der Waals surface area contributed by atoms with E-state index in [9.17, 15) is 4.79 Å². The molecule has 2 amide bonds. The Morgan fingerprint density at radius 3 is 2.85 bits per heavy atom. The first-order chi connectivity index (χ1) is 9.81. The Hall–Kier alpha value is -2.47. The molecule has 0 radical (unpaired) electrons. The van der Waals surface area contributed by atoms with Crippen LogP contribution in [0.4, 0.5) is 10.5 Å². The maximum absolute atomic E-state index is 11.8. The van der Waals surface area contributed by atoms with E-state index in [1.54, 1.807) is 6.07 Å². The van der Waals surface area contributed by atoms with Crippen LogP contribution in [0.25, 0.3) is 10.2 Å². The number of urea groups is 1. The van der Waals surface area contributed by atoms with Gasteiger partial charge in [0.2, 0.25) is 0 Å². The van der Waals surface area contributed by atoms with Crippen molar-refractivity contribution in [1.82, 2.24) is 14.9 Å². The zero-order valence-electron chi connectivity index (χ0n) is 10.5. The molecule has 0 aliphatic heterocycles. The van der Waals surface area contributed by atoms with Crippen LogP contribution in [0.3, 0.4) is 0 Å². The molecule has 2 N–H and O–H groups in total. The van der Waals surface area contributed by atoms with Crippen molar-refractivity contribution in [3.8, 4) is 0 Å². The standard InChI is InChI=1S/C14H12N4OS/c19-14(15-9-10-4-2-1-3-5-10)16-11-6-7-13-12(8-11)17-18-20-13/h1-8H,9H2,(H2,15,16,19). The number of hydrogen-bond donors (Lipinski definition) is 2. The highest BCUT2D eigenvalue weighted by Gasteiger charge is 2.04. The topological polar surface area (TPSA) is 66.9 Å². The number of amides is 2. The molecular weight excluding hydrogens is 272 g/mol. The van der Waals surface area contributed by atoms with Crippen molar-refractivity contribution in [3.63, 3.8) is 0 Å². The van der Waals surface area contributed by atoms with Gasteiger partial charge in [-0.2, -0.15) is 0 Å². The molecule has 100 valence electrons. The Morgan fingerprint density at radius 1 is 1.15 bits per heavy atom. The van der Waals surface area contributed by atoms with E-state index in [2.05, 4.69) is 20.2 Å². The predicted molar refractivity (Wildman–Crippen MR) is 79.7 cm³/mol. The summed E-state index contributed by atoms with van der Waals surface area (Å²) in [5, 5.41) is 9.56. The summed E-state index contributed by atoms with van der Waals surface area (Å²) >= 11 is 1.33. The largest absolute Gasteiger partial charge is 0.334 e. The van der Waals surface area contributed by atoms with E-state index >= 15 is 0 Å². The maximum atomic E-state index is 11.8. The summed E-state index contributed by atoms with van der Waals surface area (Å²) in [6, 6.07) is 15.1. The fraction of sp³-hybridized carbons (Fsp3) is 0.0714. The molecule has 0 aliphatic rings. The van der Waals surface area contributed by atoms with Gasteiger partial charge in [0.1, 0.15) is 5.52 Å². The highest BCUT2D eigenvalue weighted by molar-refractivity contribution is 7.12. The van der Waals surface area contributed by atoms with Crippen molar-refractivity contribution in [2.75, 3.05) is 5.32 Å². The lowest BCUT2D eigenvalue weighted by molar-refractivity contribution is 0.251. The third kappa shape index (κ3) is 2.92. The number of carbonyl (C=O) groups excluding carboxylic acids is 1.